The summed E-state index contributed by atoms with van der Waals surface area (Å²) >= 11 is 0. The highest BCUT2D eigenvalue weighted by molar-refractivity contribution is 5.87. The van der Waals surface area contributed by atoms with Gasteiger partial charge in [-0.05, 0) is 55.0 Å². The van der Waals surface area contributed by atoms with E-state index in [1.807, 2.05) is 24.3 Å². The van der Waals surface area contributed by atoms with Gasteiger partial charge < -0.3 is 14.6 Å². The lowest BCUT2D eigenvalue weighted by molar-refractivity contribution is 0.0697. The lowest BCUT2D eigenvalue weighted by Gasteiger charge is -2.08. The molecule has 0 aliphatic carbocycles. The van der Waals surface area contributed by atoms with E-state index in [-0.39, 0.29) is 5.56 Å². The fourth-order valence-corrected chi connectivity index (χ4v) is 1.74. The van der Waals surface area contributed by atoms with Crippen LogP contribution >= 0.6 is 0 Å². The molecule has 0 heterocycles. The Balaban J connectivity index is 1.94. The van der Waals surface area contributed by atoms with E-state index in [4.69, 9.17) is 14.6 Å². The highest BCUT2D eigenvalue weighted by Gasteiger charge is 2.03. The van der Waals surface area contributed by atoms with Crippen molar-refractivity contribution in [1.29, 1.82) is 0 Å². The summed E-state index contributed by atoms with van der Waals surface area (Å²) in [5.41, 5.74) is 0.238. The molecule has 0 saturated heterocycles. The SMILES string of the molecule is CCCCOc1ccc(Oc2ccc(C(=O)O)cc2)cc1. The smallest absolute Gasteiger partial charge is 0.335 e. The van der Waals surface area contributed by atoms with Crippen LogP contribution in [-0.2, 0) is 0 Å². The van der Waals surface area contributed by atoms with Crippen molar-refractivity contribution in [3.63, 3.8) is 0 Å². The van der Waals surface area contributed by atoms with Gasteiger partial charge in [-0.15, -0.1) is 0 Å². The molecule has 2 aromatic carbocycles. The van der Waals surface area contributed by atoms with E-state index < -0.39 is 5.97 Å². The number of aromatic carboxylic acids is 1. The molecule has 0 aromatic heterocycles. The van der Waals surface area contributed by atoms with Crippen molar-refractivity contribution in [3.8, 4) is 17.2 Å². The van der Waals surface area contributed by atoms with E-state index in [1.54, 1.807) is 12.1 Å². The second-order valence-electron chi connectivity index (χ2n) is 4.61. The summed E-state index contributed by atoms with van der Waals surface area (Å²) in [5, 5.41) is 8.83. The van der Waals surface area contributed by atoms with Crippen LogP contribution in [0.5, 0.6) is 17.2 Å². The van der Waals surface area contributed by atoms with Crippen molar-refractivity contribution < 1.29 is 19.4 Å². The topological polar surface area (TPSA) is 55.8 Å². The Kier molecular flexibility index (Phi) is 5.21. The maximum Gasteiger partial charge on any atom is 0.335 e. The molecule has 1 N–H and O–H groups in total. The molecule has 0 unspecified atom stereocenters. The maximum absolute atomic E-state index is 10.8. The average Bonchev–Trinajstić information content (AvgIpc) is 2.50. The van der Waals surface area contributed by atoms with Gasteiger partial charge in [0.2, 0.25) is 0 Å². The van der Waals surface area contributed by atoms with Gasteiger partial charge in [-0.1, -0.05) is 13.3 Å². The summed E-state index contributed by atoms with van der Waals surface area (Å²) in [6.07, 6.45) is 2.14. The van der Waals surface area contributed by atoms with Crippen molar-refractivity contribution in [1.82, 2.24) is 0 Å². The van der Waals surface area contributed by atoms with E-state index in [9.17, 15) is 4.79 Å². The number of carboxylic acids is 1. The first kappa shape index (κ1) is 14.9. The normalized spacial score (nSPS) is 10.1. The third kappa shape index (κ3) is 4.53. The van der Waals surface area contributed by atoms with Crippen molar-refractivity contribution in [2.75, 3.05) is 6.61 Å². The van der Waals surface area contributed by atoms with Crippen LogP contribution in [0.2, 0.25) is 0 Å². The molecule has 2 aromatic rings. The standard InChI is InChI=1S/C17H18O4/c1-2-3-12-20-14-8-10-16(11-9-14)21-15-6-4-13(5-7-15)17(18)19/h4-11H,2-3,12H2,1H3,(H,18,19). The zero-order valence-corrected chi connectivity index (χ0v) is 11.9. The Morgan fingerprint density at radius 1 is 0.952 bits per heavy atom. The Morgan fingerprint density at radius 2 is 1.48 bits per heavy atom. The lowest BCUT2D eigenvalue weighted by atomic mass is 10.2. The number of ether oxygens (including phenoxy) is 2. The quantitative estimate of drug-likeness (QED) is 0.768. The Morgan fingerprint density at radius 3 is 2.00 bits per heavy atom. The fraction of sp³-hybridized carbons (Fsp3) is 0.235. The number of unbranched alkanes of at least 4 members (excludes halogenated alkanes) is 1. The molecule has 0 aliphatic heterocycles. The summed E-state index contributed by atoms with van der Waals surface area (Å²) in [6, 6.07) is 13.7. The summed E-state index contributed by atoms with van der Waals surface area (Å²) < 4.78 is 11.2. The van der Waals surface area contributed by atoms with Gasteiger partial charge in [0.05, 0.1) is 12.2 Å². The third-order valence-electron chi connectivity index (χ3n) is 2.93. The Hall–Kier alpha value is -2.49. The summed E-state index contributed by atoms with van der Waals surface area (Å²) in [5.74, 6) is 1.15. The highest BCUT2D eigenvalue weighted by atomic mass is 16.5. The molecular formula is C17H18O4. The van der Waals surface area contributed by atoms with Crippen molar-refractivity contribution in [2.45, 2.75) is 19.8 Å². The molecule has 110 valence electrons. The molecule has 4 heteroatoms. The lowest BCUT2D eigenvalue weighted by Crippen LogP contribution is -1.96. The number of hydrogen-bond acceptors (Lipinski definition) is 3. The summed E-state index contributed by atoms with van der Waals surface area (Å²) in [6.45, 7) is 2.84. The molecule has 0 bridgehead atoms. The average molecular weight is 286 g/mol. The highest BCUT2D eigenvalue weighted by Crippen LogP contribution is 2.24. The van der Waals surface area contributed by atoms with Crippen LogP contribution < -0.4 is 9.47 Å². The van der Waals surface area contributed by atoms with E-state index in [1.165, 1.54) is 12.1 Å². The summed E-state index contributed by atoms with van der Waals surface area (Å²) in [7, 11) is 0. The Labute approximate surface area is 123 Å². The largest absolute Gasteiger partial charge is 0.494 e. The van der Waals surface area contributed by atoms with Gasteiger partial charge in [0.1, 0.15) is 17.2 Å². The molecule has 21 heavy (non-hydrogen) atoms. The van der Waals surface area contributed by atoms with Crippen LogP contribution in [0.15, 0.2) is 48.5 Å². The minimum absolute atomic E-state index is 0.238. The van der Waals surface area contributed by atoms with Gasteiger partial charge in [-0.25, -0.2) is 4.79 Å². The zero-order chi connectivity index (χ0) is 15.1. The van der Waals surface area contributed by atoms with Gasteiger partial charge in [0.25, 0.3) is 0 Å². The number of carbonyl (C=O) groups is 1. The van der Waals surface area contributed by atoms with Gasteiger partial charge in [0.15, 0.2) is 0 Å². The molecule has 0 spiro atoms. The van der Waals surface area contributed by atoms with Crippen LogP contribution in [-0.4, -0.2) is 17.7 Å². The molecule has 0 fully saturated rings. The van der Waals surface area contributed by atoms with Crippen LogP contribution in [0.1, 0.15) is 30.1 Å². The molecule has 2 rings (SSSR count). The molecule has 0 aliphatic rings. The first-order valence-electron chi connectivity index (χ1n) is 6.93. The van der Waals surface area contributed by atoms with E-state index in [0.29, 0.717) is 18.1 Å². The van der Waals surface area contributed by atoms with Gasteiger partial charge in [0, 0.05) is 0 Å². The zero-order valence-electron chi connectivity index (χ0n) is 11.9. The van der Waals surface area contributed by atoms with Crippen LogP contribution in [0.4, 0.5) is 0 Å². The van der Waals surface area contributed by atoms with Crippen molar-refractivity contribution in [3.05, 3.63) is 54.1 Å². The summed E-state index contributed by atoms with van der Waals surface area (Å²) in [4.78, 5) is 10.8. The third-order valence-corrected chi connectivity index (χ3v) is 2.93. The number of benzene rings is 2. The molecule has 0 atom stereocenters. The van der Waals surface area contributed by atoms with Crippen molar-refractivity contribution in [2.24, 2.45) is 0 Å². The van der Waals surface area contributed by atoms with Crippen molar-refractivity contribution >= 4 is 5.97 Å². The number of carboxylic acid groups (broad SMARTS) is 1. The van der Waals surface area contributed by atoms with E-state index in [0.717, 1.165) is 18.6 Å². The van der Waals surface area contributed by atoms with Gasteiger partial charge >= 0.3 is 5.97 Å². The molecule has 0 saturated carbocycles. The van der Waals surface area contributed by atoms with Gasteiger partial charge in [-0.3, -0.25) is 0 Å². The van der Waals surface area contributed by atoms with E-state index in [2.05, 4.69) is 6.92 Å². The first-order valence-corrected chi connectivity index (χ1v) is 6.93. The van der Waals surface area contributed by atoms with Crippen LogP contribution in [0.3, 0.4) is 0 Å². The second-order valence-corrected chi connectivity index (χ2v) is 4.61. The molecule has 0 amide bonds. The molecule has 4 nitrogen and oxygen atoms in total. The molecular weight excluding hydrogens is 268 g/mol. The van der Waals surface area contributed by atoms with Crippen LogP contribution in [0, 0.1) is 0 Å². The predicted octanol–water partition coefficient (Wildman–Crippen LogP) is 4.36. The fourth-order valence-electron chi connectivity index (χ4n) is 1.74. The van der Waals surface area contributed by atoms with Crippen LogP contribution in [0.25, 0.3) is 0 Å². The Bertz CT molecular complexity index is 573. The minimum atomic E-state index is -0.949. The number of rotatable bonds is 7. The second kappa shape index (κ2) is 7.33. The van der Waals surface area contributed by atoms with E-state index >= 15 is 0 Å². The first-order chi connectivity index (χ1) is 10.2. The minimum Gasteiger partial charge on any atom is -0.494 e. The maximum atomic E-state index is 10.8. The number of hydrogen-bond donors (Lipinski definition) is 1. The van der Waals surface area contributed by atoms with Gasteiger partial charge in [-0.2, -0.15) is 0 Å². The monoisotopic (exact) mass is 286 g/mol. The predicted molar refractivity (Wildman–Crippen MR) is 80.3 cm³/mol. The molecule has 0 radical (unpaired) electrons.